The average Bonchev–Trinajstić information content (AvgIpc) is 4.19. The molecule has 0 saturated carbocycles. The fourth-order valence-corrected chi connectivity index (χ4v) is 8.29. The molecule has 0 spiro atoms. The molecule has 350 valence electrons. The van der Waals surface area contributed by atoms with Crippen molar-refractivity contribution in [1.29, 1.82) is 0 Å². The second-order valence-corrected chi connectivity index (χ2v) is 18.1. The van der Waals surface area contributed by atoms with Crippen molar-refractivity contribution in [3.63, 3.8) is 0 Å². The molecule has 5 aliphatic heterocycles. The zero-order valence-corrected chi connectivity index (χ0v) is 38.5. The van der Waals surface area contributed by atoms with Crippen LogP contribution in [0.5, 0.6) is 0 Å². The van der Waals surface area contributed by atoms with Gasteiger partial charge in [-0.25, -0.2) is 39.9 Å². The lowest BCUT2D eigenvalue weighted by atomic mass is 9.81. The number of aromatic nitrogens is 12. The fraction of sp³-hybridized carbons (Fsp3) is 0.571. The number of hydrogen-bond donors (Lipinski definition) is 2. The Morgan fingerprint density at radius 1 is 0.606 bits per heavy atom. The maximum Gasteiger partial charge on any atom is 0.498 e. The lowest BCUT2D eigenvalue weighted by Gasteiger charge is -2.32. The highest BCUT2D eigenvalue weighted by Gasteiger charge is 2.52. The van der Waals surface area contributed by atoms with Crippen LogP contribution in [0.3, 0.4) is 0 Å². The lowest BCUT2D eigenvalue weighted by Crippen LogP contribution is -2.41. The number of nitrogen functional groups attached to an aromatic ring is 2. The van der Waals surface area contributed by atoms with Gasteiger partial charge in [-0.2, -0.15) is 9.97 Å². The van der Waals surface area contributed by atoms with E-state index in [9.17, 15) is 0 Å². The van der Waals surface area contributed by atoms with E-state index in [4.69, 9.17) is 61.3 Å². The SMILES string of the molecule is CC1(C)OB(c2cnc(N)nc2)OC1(C)C.Clc1nc(N2CCOCC2)c2ncn(CC3CCOC3)c2n1.Nc1ncc(-c2nc(N3CCOCC3)c3ncn(CC4CCOC4)c3n2)cn1. The van der Waals surface area contributed by atoms with Gasteiger partial charge in [0.05, 0.1) is 69.1 Å². The molecule has 6 aromatic heterocycles. The number of hydrogen-bond acceptors (Lipinski definition) is 20. The molecule has 0 bridgehead atoms. The van der Waals surface area contributed by atoms with Crippen LogP contribution >= 0.6 is 11.6 Å². The summed E-state index contributed by atoms with van der Waals surface area (Å²) in [5, 5.41) is 0.262. The molecule has 66 heavy (non-hydrogen) atoms. The van der Waals surface area contributed by atoms with Gasteiger partial charge in [0.1, 0.15) is 0 Å². The number of imidazole rings is 2. The minimum atomic E-state index is -0.425. The molecule has 24 heteroatoms. The molecule has 0 radical (unpaired) electrons. The maximum absolute atomic E-state index is 6.14. The molecule has 11 heterocycles. The molecular formula is C42H56BClN16O6. The molecule has 2 unspecified atom stereocenters. The number of anilines is 4. The van der Waals surface area contributed by atoms with Gasteiger partial charge < -0.3 is 58.7 Å². The monoisotopic (exact) mass is 926 g/mol. The summed E-state index contributed by atoms with van der Waals surface area (Å²) in [6.45, 7) is 18.8. The van der Waals surface area contributed by atoms with Crippen molar-refractivity contribution in [3.8, 4) is 11.4 Å². The molecule has 5 saturated heterocycles. The zero-order chi connectivity index (χ0) is 45.8. The van der Waals surface area contributed by atoms with Crippen molar-refractivity contribution < 1.29 is 28.3 Å². The van der Waals surface area contributed by atoms with E-state index in [1.807, 2.05) is 40.3 Å². The van der Waals surface area contributed by atoms with Crippen molar-refractivity contribution in [3.05, 3.63) is 42.7 Å². The van der Waals surface area contributed by atoms with E-state index in [2.05, 4.69) is 58.8 Å². The highest BCUT2D eigenvalue weighted by Crippen LogP contribution is 2.36. The lowest BCUT2D eigenvalue weighted by molar-refractivity contribution is 0.00578. The first-order valence-electron chi connectivity index (χ1n) is 22.3. The number of ether oxygens (including phenoxy) is 4. The van der Waals surface area contributed by atoms with Gasteiger partial charge in [0, 0.05) is 94.6 Å². The second kappa shape index (κ2) is 19.8. The van der Waals surface area contributed by atoms with Gasteiger partial charge in [0.2, 0.25) is 17.2 Å². The summed E-state index contributed by atoms with van der Waals surface area (Å²) in [7, 11) is -0.425. The van der Waals surface area contributed by atoms with Crippen LogP contribution in [0.1, 0.15) is 40.5 Å². The second-order valence-electron chi connectivity index (χ2n) is 17.8. The number of nitrogens with two attached hydrogens (primary N) is 2. The molecule has 22 nitrogen and oxygen atoms in total. The third-order valence-corrected chi connectivity index (χ3v) is 12.8. The molecular weight excluding hydrogens is 871 g/mol. The normalized spacial score (nSPS) is 21.5. The Hall–Kier alpha value is -5.43. The largest absolute Gasteiger partial charge is 0.498 e. The number of fused-ring (bicyclic) bond motifs is 2. The van der Waals surface area contributed by atoms with Crippen molar-refractivity contribution in [1.82, 2.24) is 59.0 Å². The van der Waals surface area contributed by atoms with Crippen molar-refractivity contribution in [2.45, 2.75) is 64.8 Å². The molecule has 11 rings (SSSR count). The summed E-state index contributed by atoms with van der Waals surface area (Å²) in [5.74, 6) is 3.66. The summed E-state index contributed by atoms with van der Waals surface area (Å²) in [6, 6.07) is 0. The summed E-state index contributed by atoms with van der Waals surface area (Å²) in [4.78, 5) is 48.0. The van der Waals surface area contributed by atoms with Crippen LogP contribution in [-0.4, -0.2) is 156 Å². The number of rotatable bonds is 8. The van der Waals surface area contributed by atoms with Crippen molar-refractivity contribution in [2.24, 2.45) is 11.8 Å². The van der Waals surface area contributed by atoms with Crippen LogP contribution in [0.25, 0.3) is 33.7 Å². The van der Waals surface area contributed by atoms with Crippen LogP contribution in [0, 0.1) is 11.8 Å². The Labute approximate surface area is 387 Å². The third-order valence-electron chi connectivity index (χ3n) is 12.6. The molecule has 4 N–H and O–H groups in total. The van der Waals surface area contributed by atoms with Gasteiger partial charge in [-0.05, 0) is 52.1 Å². The first-order chi connectivity index (χ1) is 31.9. The smallest absolute Gasteiger partial charge is 0.399 e. The molecule has 0 aromatic carbocycles. The van der Waals surface area contributed by atoms with E-state index < -0.39 is 7.12 Å². The van der Waals surface area contributed by atoms with E-state index >= 15 is 0 Å². The summed E-state index contributed by atoms with van der Waals surface area (Å²) < 4.78 is 37.7. The Morgan fingerprint density at radius 2 is 1.08 bits per heavy atom. The van der Waals surface area contributed by atoms with Gasteiger partial charge in [0.25, 0.3) is 0 Å². The van der Waals surface area contributed by atoms with Crippen molar-refractivity contribution in [2.75, 3.05) is 100 Å². The first-order valence-corrected chi connectivity index (χ1v) is 22.7. The Bertz CT molecular complexity index is 2540. The number of halogens is 1. The molecule has 5 aliphatic rings. The van der Waals surface area contributed by atoms with E-state index in [0.29, 0.717) is 44.1 Å². The van der Waals surface area contributed by atoms with E-state index in [-0.39, 0.29) is 28.4 Å². The highest BCUT2D eigenvalue weighted by atomic mass is 35.5. The molecule has 5 fully saturated rings. The molecule has 2 atom stereocenters. The standard InChI is InChI=1S/C18H22N8O2.C14H18ClN5O2.C10H16BN3O2/c19-18-20-7-13(8-21-18)15-23-16(25-2-5-27-6-3-25)14-17(24-15)26(11-22-14)9-12-1-4-28-10-12;15-14-17-12(19-2-5-21-6-3-19)11-13(18-14)20(9-16-11)7-10-1-4-22-8-10;1-9(2)10(3,4)16-11(15-9)7-5-13-8(12)14-6-7/h7-8,11-12H,1-6,9-10H2,(H2,19,20,21);9-10H,1-8H2;5-6H,1-4H3,(H2,12,13,14). The molecule has 0 aliphatic carbocycles. The van der Waals surface area contributed by atoms with Gasteiger partial charge in [-0.1, -0.05) is 0 Å². The van der Waals surface area contributed by atoms with Crippen LogP contribution in [0.15, 0.2) is 37.4 Å². The average molecular weight is 927 g/mol. The Kier molecular flexibility index (Phi) is 13.7. The van der Waals surface area contributed by atoms with Crippen LogP contribution in [-0.2, 0) is 41.3 Å². The third kappa shape index (κ3) is 10.3. The van der Waals surface area contributed by atoms with Crippen molar-refractivity contribution >= 4 is 70.0 Å². The molecule has 0 amide bonds. The quantitative estimate of drug-likeness (QED) is 0.164. The summed E-state index contributed by atoms with van der Waals surface area (Å²) in [6.07, 6.45) is 12.4. The number of nitrogens with zero attached hydrogens (tertiary/aromatic N) is 14. The summed E-state index contributed by atoms with van der Waals surface area (Å²) in [5.41, 5.74) is 15.1. The molecule has 6 aromatic rings. The predicted molar refractivity (Wildman–Crippen MR) is 247 cm³/mol. The minimum absolute atomic E-state index is 0.226. The van der Waals surface area contributed by atoms with Gasteiger partial charge in [-0.3, -0.25) is 0 Å². The predicted octanol–water partition coefficient (Wildman–Crippen LogP) is 2.45. The summed E-state index contributed by atoms with van der Waals surface area (Å²) >= 11 is 6.14. The zero-order valence-electron chi connectivity index (χ0n) is 37.8. The first kappa shape index (κ1) is 45.7. The Morgan fingerprint density at radius 3 is 1.56 bits per heavy atom. The topological polar surface area (TPSA) is 253 Å². The number of morpholine rings is 2. The van der Waals surface area contributed by atoms with Crippen LogP contribution in [0.2, 0.25) is 5.28 Å². The maximum atomic E-state index is 6.14. The Balaban J connectivity index is 0.000000130. The van der Waals surface area contributed by atoms with Gasteiger partial charge >= 0.3 is 7.12 Å². The van der Waals surface area contributed by atoms with E-state index in [1.54, 1.807) is 24.8 Å². The minimum Gasteiger partial charge on any atom is -0.399 e. The van der Waals surface area contributed by atoms with E-state index in [0.717, 1.165) is 124 Å². The van der Waals surface area contributed by atoms with Crippen LogP contribution < -0.4 is 26.7 Å². The van der Waals surface area contributed by atoms with Gasteiger partial charge in [-0.15, -0.1) is 0 Å². The van der Waals surface area contributed by atoms with E-state index in [1.165, 1.54) is 0 Å². The van der Waals surface area contributed by atoms with Crippen LogP contribution in [0.4, 0.5) is 23.5 Å². The fourth-order valence-electron chi connectivity index (χ4n) is 8.13. The van der Waals surface area contributed by atoms with Gasteiger partial charge in [0.15, 0.2) is 39.8 Å². The highest BCUT2D eigenvalue weighted by molar-refractivity contribution is 6.61.